The molecule has 4 heterocycles. The van der Waals surface area contributed by atoms with Crippen LogP contribution in [0, 0.1) is 11.8 Å². The fraction of sp³-hybridized carbons (Fsp3) is 0.818. The van der Waals surface area contributed by atoms with E-state index >= 15 is 0 Å². The van der Waals surface area contributed by atoms with Gasteiger partial charge in [-0.25, -0.2) is 4.79 Å². The average Bonchev–Trinajstić information content (AvgIpc) is 3.04. The Labute approximate surface area is 184 Å². The zero-order valence-electron chi connectivity index (χ0n) is 18.7. The third-order valence-electron chi connectivity index (χ3n) is 8.34. The van der Waals surface area contributed by atoms with E-state index in [2.05, 4.69) is 20.5 Å². The minimum atomic E-state index is -0.108. The van der Waals surface area contributed by atoms with Crippen LogP contribution >= 0.6 is 0 Å². The largest absolute Gasteiger partial charge is 0.404 e. The Morgan fingerprint density at radius 2 is 2.16 bits per heavy atom. The van der Waals surface area contributed by atoms with Crippen molar-refractivity contribution in [2.45, 2.75) is 61.7 Å². The summed E-state index contributed by atoms with van der Waals surface area (Å²) in [5.74, 6) is 0.149. The molecule has 2 amide bonds. The number of amides is 2. The van der Waals surface area contributed by atoms with Crippen molar-refractivity contribution >= 4 is 12.2 Å². The van der Waals surface area contributed by atoms with Crippen LogP contribution in [0.3, 0.4) is 0 Å². The summed E-state index contributed by atoms with van der Waals surface area (Å²) in [5, 5.41) is 7.38. The number of fused-ring (bicyclic) bond motifs is 2. The van der Waals surface area contributed by atoms with E-state index < -0.39 is 0 Å². The van der Waals surface area contributed by atoms with Crippen molar-refractivity contribution in [2.24, 2.45) is 22.6 Å². The molecule has 4 saturated heterocycles. The number of nitrogens with one attached hydrogen (secondary N) is 2. The minimum absolute atomic E-state index is 0.0245. The lowest BCUT2D eigenvalue weighted by molar-refractivity contribution is -0.150. The molecule has 0 radical (unpaired) electrons. The van der Waals surface area contributed by atoms with Crippen LogP contribution in [-0.4, -0.2) is 105 Å². The van der Waals surface area contributed by atoms with Gasteiger partial charge in [0, 0.05) is 51.8 Å². The van der Waals surface area contributed by atoms with Crippen LogP contribution in [0.15, 0.2) is 16.8 Å². The summed E-state index contributed by atoms with van der Waals surface area (Å²) in [6.07, 6.45) is 6.32. The van der Waals surface area contributed by atoms with Crippen molar-refractivity contribution < 1.29 is 14.3 Å². The van der Waals surface area contributed by atoms with Gasteiger partial charge in [0.25, 0.3) is 0 Å². The number of rotatable bonds is 3. The average molecular weight is 433 g/mol. The normalized spacial score (nSPS) is 45.3. The highest BCUT2D eigenvalue weighted by atomic mass is 16.5. The Kier molecular flexibility index (Phi) is 5.70. The smallest absolute Gasteiger partial charge is 0.320 e. The molecule has 0 aromatic heterocycles. The number of nitrogens with two attached hydrogens (primary N) is 1. The maximum atomic E-state index is 13.5. The lowest BCUT2D eigenvalue weighted by Gasteiger charge is -2.56. The van der Waals surface area contributed by atoms with E-state index in [1.54, 1.807) is 20.4 Å². The molecule has 9 atom stereocenters. The Morgan fingerprint density at radius 3 is 2.90 bits per heavy atom. The molecule has 4 N–H and O–H groups in total. The predicted molar refractivity (Wildman–Crippen MR) is 118 cm³/mol. The number of methoxy groups -OCH3 is 1. The van der Waals surface area contributed by atoms with Crippen LogP contribution < -0.4 is 16.4 Å². The van der Waals surface area contributed by atoms with Gasteiger partial charge < -0.3 is 35.6 Å². The first-order valence-corrected chi connectivity index (χ1v) is 11.6. The Morgan fingerprint density at radius 1 is 1.32 bits per heavy atom. The zero-order chi connectivity index (χ0) is 21.7. The lowest BCUT2D eigenvalue weighted by atomic mass is 9.65. The molecule has 0 spiro atoms. The molecule has 5 rings (SSSR count). The number of aliphatic imine (C=N–C) groups is 1. The molecular weight excluding hydrogens is 396 g/mol. The van der Waals surface area contributed by atoms with E-state index in [-0.39, 0.29) is 60.3 Å². The topological polar surface area (TPSA) is 104 Å². The first-order valence-electron chi connectivity index (χ1n) is 11.6. The van der Waals surface area contributed by atoms with Gasteiger partial charge in [0.1, 0.15) is 0 Å². The molecule has 31 heavy (non-hydrogen) atoms. The van der Waals surface area contributed by atoms with Crippen molar-refractivity contribution in [3.63, 3.8) is 0 Å². The van der Waals surface area contributed by atoms with E-state index in [0.29, 0.717) is 6.61 Å². The van der Waals surface area contributed by atoms with Gasteiger partial charge in [-0.2, -0.15) is 0 Å². The molecule has 1 aliphatic carbocycles. The van der Waals surface area contributed by atoms with Gasteiger partial charge in [0.05, 0.1) is 43.0 Å². The maximum absolute atomic E-state index is 13.5. The molecule has 5 aliphatic rings. The number of hydrogen-bond acceptors (Lipinski definition) is 7. The summed E-state index contributed by atoms with van der Waals surface area (Å²) >= 11 is 0. The van der Waals surface area contributed by atoms with Gasteiger partial charge in [0.15, 0.2) is 0 Å². The summed E-state index contributed by atoms with van der Waals surface area (Å²) in [4.78, 5) is 21.9. The molecule has 9 heteroatoms. The Hall–Kier alpha value is -1.68. The van der Waals surface area contributed by atoms with E-state index in [1.807, 2.05) is 18.2 Å². The van der Waals surface area contributed by atoms with E-state index in [9.17, 15) is 4.79 Å². The molecule has 172 valence electrons. The number of likely N-dealkylation sites (N-methyl/N-ethyl adjacent to an activating group) is 1. The summed E-state index contributed by atoms with van der Waals surface area (Å²) in [5.41, 5.74) is 7.01. The van der Waals surface area contributed by atoms with E-state index in [1.165, 1.54) is 0 Å². The number of nitrogens with zero attached hydrogens (tertiary/aromatic N) is 3. The fourth-order valence-electron chi connectivity index (χ4n) is 6.99. The molecule has 0 aromatic carbocycles. The van der Waals surface area contributed by atoms with Gasteiger partial charge in [-0.15, -0.1) is 0 Å². The number of piperidine rings is 2. The van der Waals surface area contributed by atoms with Crippen LogP contribution in [-0.2, 0) is 9.47 Å². The minimum Gasteiger partial charge on any atom is -0.404 e. The number of ether oxygens (including phenoxy) is 2. The summed E-state index contributed by atoms with van der Waals surface area (Å²) in [7, 11) is 5.48. The molecule has 9 unspecified atom stereocenters. The third-order valence-corrected chi connectivity index (χ3v) is 8.34. The van der Waals surface area contributed by atoms with Crippen LogP contribution in [0.2, 0.25) is 0 Å². The van der Waals surface area contributed by atoms with E-state index in [4.69, 9.17) is 15.2 Å². The molecule has 1 saturated carbocycles. The highest BCUT2D eigenvalue weighted by Crippen LogP contribution is 2.47. The Balaban J connectivity index is 1.60. The second-order valence-corrected chi connectivity index (χ2v) is 9.61. The van der Waals surface area contributed by atoms with Crippen LogP contribution in [0.4, 0.5) is 4.79 Å². The van der Waals surface area contributed by atoms with Gasteiger partial charge in [0.2, 0.25) is 0 Å². The first-order chi connectivity index (χ1) is 15.1. The molecular formula is C22H36N6O3. The molecule has 0 aromatic rings. The quantitative estimate of drug-likeness (QED) is 0.533. The molecule has 9 nitrogen and oxygen atoms in total. The fourth-order valence-corrected chi connectivity index (χ4v) is 6.99. The van der Waals surface area contributed by atoms with Gasteiger partial charge in [-0.3, -0.25) is 4.99 Å². The monoisotopic (exact) mass is 432 g/mol. The highest BCUT2D eigenvalue weighted by Gasteiger charge is 2.61. The summed E-state index contributed by atoms with van der Waals surface area (Å²) in [6, 6.07) is 0.989. The van der Waals surface area contributed by atoms with Crippen molar-refractivity contribution in [3.05, 3.63) is 11.8 Å². The van der Waals surface area contributed by atoms with E-state index in [0.717, 1.165) is 37.9 Å². The molecule has 0 bridgehead atoms. The van der Waals surface area contributed by atoms with Crippen LogP contribution in [0.5, 0.6) is 0 Å². The number of carbonyl (C=O) groups excluding carboxylic acids is 1. The van der Waals surface area contributed by atoms with Gasteiger partial charge in [-0.05, 0) is 37.6 Å². The molecule has 5 fully saturated rings. The standard InChI is InChI=1S/C22H36N6O3/c1-24-9-12(8-23)18-17(30-3)7-13-19-20-16(10-26-13)27(2)22(29)28(20)15-5-4-6-25-14(15)11-31-21(18)19/h8-9,13-21,25-26H,4-7,10-11,23H2,1-3H3. The van der Waals surface area contributed by atoms with Gasteiger partial charge in [-0.1, -0.05) is 0 Å². The second-order valence-electron chi connectivity index (χ2n) is 9.61. The zero-order valence-corrected chi connectivity index (χ0v) is 18.7. The summed E-state index contributed by atoms with van der Waals surface area (Å²) < 4.78 is 12.7. The van der Waals surface area contributed by atoms with Crippen molar-refractivity contribution in [1.29, 1.82) is 0 Å². The first kappa shape index (κ1) is 21.2. The van der Waals surface area contributed by atoms with Crippen LogP contribution in [0.25, 0.3) is 0 Å². The lowest BCUT2D eigenvalue weighted by Crippen LogP contribution is -2.72. The third kappa shape index (κ3) is 3.20. The Bertz CT molecular complexity index is 760. The number of hydrogen-bond donors (Lipinski definition) is 3. The van der Waals surface area contributed by atoms with Crippen molar-refractivity contribution in [3.8, 4) is 0 Å². The predicted octanol–water partition coefficient (Wildman–Crippen LogP) is -0.223. The summed E-state index contributed by atoms with van der Waals surface area (Å²) in [6.45, 7) is 2.35. The highest BCUT2D eigenvalue weighted by molar-refractivity contribution is 5.80. The number of carbonyl (C=O) groups is 1. The van der Waals surface area contributed by atoms with Gasteiger partial charge >= 0.3 is 6.03 Å². The van der Waals surface area contributed by atoms with Crippen LogP contribution in [0.1, 0.15) is 19.3 Å². The molecule has 4 aliphatic heterocycles. The van der Waals surface area contributed by atoms with Crippen molar-refractivity contribution in [1.82, 2.24) is 20.4 Å². The maximum Gasteiger partial charge on any atom is 0.320 e. The SMILES string of the molecule is CN=CC(=CN)C1C(OC)CC2NCC3C4C2C1OCC1NCCCC1N4C(=O)N3C. The number of urea groups is 1. The van der Waals surface area contributed by atoms with Crippen molar-refractivity contribution in [2.75, 3.05) is 40.9 Å². The second kappa shape index (κ2) is 8.35.